The molecule has 0 fully saturated rings. The highest BCUT2D eigenvalue weighted by Crippen LogP contribution is 2.38. The molecule has 0 aliphatic carbocycles. The maximum atomic E-state index is 13.2. The summed E-state index contributed by atoms with van der Waals surface area (Å²) < 4.78 is 79.3. The van der Waals surface area contributed by atoms with Gasteiger partial charge in [0.2, 0.25) is 11.8 Å². The molecule has 258 valence electrons. The first-order valence-electron chi connectivity index (χ1n) is 15.9. The number of benzene rings is 1. The van der Waals surface area contributed by atoms with E-state index >= 15 is 0 Å². The molecule has 0 unspecified atom stereocenters. The minimum Gasteiger partial charge on any atom is -0.380 e. The minimum atomic E-state index is -5.08. The van der Waals surface area contributed by atoms with Gasteiger partial charge in [0.1, 0.15) is 17.4 Å². The average Bonchev–Trinajstić information content (AvgIpc) is 3.00. The number of unbranched alkanes of at least 4 members (excludes halogenated alkanes) is 7. The van der Waals surface area contributed by atoms with Crippen LogP contribution in [0.2, 0.25) is 0 Å². The van der Waals surface area contributed by atoms with Crippen molar-refractivity contribution in [3.8, 4) is 0 Å². The summed E-state index contributed by atoms with van der Waals surface area (Å²) in [6, 6.07) is 0.0578. The Labute approximate surface area is 265 Å². The number of carbonyl (C=O) groups is 2. The molecule has 2 amide bonds. The molecule has 8 nitrogen and oxygen atoms in total. The minimum absolute atomic E-state index is 0.0389. The van der Waals surface area contributed by atoms with Crippen molar-refractivity contribution in [1.82, 2.24) is 10.2 Å². The van der Waals surface area contributed by atoms with Crippen LogP contribution in [0.4, 0.5) is 43.4 Å². The van der Waals surface area contributed by atoms with Gasteiger partial charge in [-0.1, -0.05) is 45.4 Å². The van der Waals surface area contributed by atoms with Crippen LogP contribution in [0.5, 0.6) is 0 Å². The molecule has 0 aliphatic rings. The molecule has 2 aromatic carbocycles. The first-order chi connectivity index (χ1) is 21.6. The number of likely N-dealkylation sites (N-methyl/N-ethyl adjacent to an activating group) is 1. The Bertz CT molecular complexity index is 1320. The molecule has 0 aliphatic heterocycles. The van der Waals surface area contributed by atoms with E-state index in [4.69, 9.17) is 0 Å². The number of nitrogens with one attached hydrogen (secondary N) is 3. The molecule has 0 spiro atoms. The van der Waals surface area contributed by atoms with Crippen LogP contribution in [0.1, 0.15) is 103 Å². The Hall–Kier alpha value is -3.58. The summed E-state index contributed by atoms with van der Waals surface area (Å²) in [7, 11) is 0. The standard InChI is InChI=1S/C32H44F6N4O4/c1-4-7-8-9-10-11-12-16-25(43)41-24(30(46)42(5-2)6-3)15-13-14-17-39-26-27(29(45)28(26)44)40-23-19-21(31(33,34)35)18-22(20-23)32(36,37)38/h18-20,24,39-40H,4-17H2,1-3H3,(H,41,43)/t24-/m0/s1. The van der Waals surface area contributed by atoms with E-state index in [0.29, 0.717) is 50.9 Å². The number of hydrogen-bond donors (Lipinski definition) is 3. The normalized spacial score (nSPS) is 12.6. The first kappa shape index (κ1) is 38.6. The number of nitrogens with zero attached hydrogens (tertiary/aromatic N) is 1. The summed E-state index contributed by atoms with van der Waals surface area (Å²) >= 11 is 0. The van der Waals surface area contributed by atoms with Gasteiger partial charge in [-0.3, -0.25) is 19.2 Å². The molecule has 2 aromatic rings. The van der Waals surface area contributed by atoms with E-state index < -0.39 is 51.8 Å². The zero-order valence-corrected chi connectivity index (χ0v) is 26.6. The fraction of sp³-hybridized carbons (Fsp3) is 0.625. The van der Waals surface area contributed by atoms with E-state index in [1.54, 1.807) is 4.90 Å². The predicted octanol–water partition coefficient (Wildman–Crippen LogP) is 7.14. The molecule has 2 rings (SSSR count). The van der Waals surface area contributed by atoms with Crippen LogP contribution >= 0.6 is 0 Å². The van der Waals surface area contributed by atoms with Gasteiger partial charge < -0.3 is 20.9 Å². The number of halogens is 6. The first-order valence-corrected chi connectivity index (χ1v) is 15.9. The lowest BCUT2D eigenvalue weighted by molar-refractivity contribution is -0.143. The van der Waals surface area contributed by atoms with Gasteiger partial charge in [0.15, 0.2) is 0 Å². The molecule has 0 bridgehead atoms. The third-order valence-corrected chi connectivity index (χ3v) is 7.70. The number of carbonyl (C=O) groups excluding carboxylic acids is 2. The third-order valence-electron chi connectivity index (χ3n) is 7.70. The van der Waals surface area contributed by atoms with Crippen molar-refractivity contribution in [2.24, 2.45) is 0 Å². The summed E-state index contributed by atoms with van der Waals surface area (Å²) in [6.07, 6.45) is -1.34. The lowest BCUT2D eigenvalue weighted by Crippen LogP contribution is -2.48. The van der Waals surface area contributed by atoms with Gasteiger partial charge >= 0.3 is 12.4 Å². The van der Waals surface area contributed by atoms with Gasteiger partial charge in [-0.15, -0.1) is 0 Å². The van der Waals surface area contributed by atoms with E-state index in [1.165, 1.54) is 12.8 Å². The zero-order valence-electron chi connectivity index (χ0n) is 26.6. The maximum Gasteiger partial charge on any atom is 0.416 e. The average molecular weight is 663 g/mol. The van der Waals surface area contributed by atoms with Crippen LogP contribution in [0.3, 0.4) is 0 Å². The van der Waals surface area contributed by atoms with Gasteiger partial charge in [0, 0.05) is 31.7 Å². The lowest BCUT2D eigenvalue weighted by atomic mass is 10.1. The zero-order chi connectivity index (χ0) is 34.5. The lowest BCUT2D eigenvalue weighted by Gasteiger charge is -2.26. The quantitative estimate of drug-likeness (QED) is 0.0791. The van der Waals surface area contributed by atoms with Crippen LogP contribution in [0.15, 0.2) is 27.8 Å². The van der Waals surface area contributed by atoms with Crippen molar-refractivity contribution >= 4 is 28.9 Å². The topological polar surface area (TPSA) is 108 Å². The fourth-order valence-electron chi connectivity index (χ4n) is 5.06. The monoisotopic (exact) mass is 662 g/mol. The van der Waals surface area contributed by atoms with Gasteiger partial charge in [-0.05, 0) is 57.7 Å². The van der Waals surface area contributed by atoms with E-state index in [9.17, 15) is 45.5 Å². The highest BCUT2D eigenvalue weighted by molar-refractivity contribution is 5.87. The summed E-state index contributed by atoms with van der Waals surface area (Å²) in [5.41, 5.74) is -6.52. The SMILES string of the molecule is CCCCCCCCCC(=O)N[C@@H](CCCCNc1c(Nc2cc(C(F)(F)F)cc(C(F)(F)F)c2)c(=O)c1=O)C(=O)N(CC)CC. The molecular formula is C32H44F6N4O4. The highest BCUT2D eigenvalue weighted by Gasteiger charge is 2.37. The second-order valence-electron chi connectivity index (χ2n) is 11.3. The number of alkyl halides is 6. The molecule has 46 heavy (non-hydrogen) atoms. The summed E-state index contributed by atoms with van der Waals surface area (Å²) in [5, 5.41) is 7.81. The molecule has 14 heteroatoms. The molecule has 0 heterocycles. The van der Waals surface area contributed by atoms with Crippen LogP contribution in [0, 0.1) is 0 Å². The van der Waals surface area contributed by atoms with Gasteiger partial charge in [0.05, 0.1) is 11.1 Å². The number of amides is 2. The number of hydrogen-bond acceptors (Lipinski definition) is 6. The van der Waals surface area contributed by atoms with Crippen molar-refractivity contribution in [1.29, 1.82) is 0 Å². The number of rotatable bonds is 20. The summed E-state index contributed by atoms with van der Waals surface area (Å²) in [4.78, 5) is 51.6. The molecule has 1 atom stereocenters. The van der Waals surface area contributed by atoms with E-state index in [0.717, 1.165) is 32.1 Å². The van der Waals surface area contributed by atoms with Crippen molar-refractivity contribution in [3.63, 3.8) is 0 Å². The Morgan fingerprint density at radius 1 is 0.739 bits per heavy atom. The number of anilines is 3. The summed E-state index contributed by atoms with van der Waals surface area (Å²) in [6.45, 7) is 6.88. The molecular weight excluding hydrogens is 618 g/mol. The molecule has 0 saturated carbocycles. The van der Waals surface area contributed by atoms with Crippen LogP contribution < -0.4 is 26.8 Å². The summed E-state index contributed by atoms with van der Waals surface area (Å²) in [5.74, 6) is -0.418. The van der Waals surface area contributed by atoms with Gasteiger partial charge in [-0.2, -0.15) is 26.3 Å². The van der Waals surface area contributed by atoms with Gasteiger partial charge in [-0.25, -0.2) is 0 Å². The van der Waals surface area contributed by atoms with E-state index in [2.05, 4.69) is 22.9 Å². The van der Waals surface area contributed by atoms with Crippen LogP contribution in [-0.2, 0) is 21.9 Å². The van der Waals surface area contributed by atoms with Gasteiger partial charge in [0.25, 0.3) is 10.9 Å². The van der Waals surface area contributed by atoms with Crippen LogP contribution in [-0.4, -0.2) is 42.4 Å². The smallest absolute Gasteiger partial charge is 0.380 e. The Morgan fingerprint density at radius 2 is 1.28 bits per heavy atom. The molecule has 0 aromatic heterocycles. The fourth-order valence-corrected chi connectivity index (χ4v) is 5.06. The molecule has 0 radical (unpaired) electrons. The molecule has 0 saturated heterocycles. The van der Waals surface area contributed by atoms with Crippen LogP contribution in [0.25, 0.3) is 0 Å². The van der Waals surface area contributed by atoms with E-state index in [-0.39, 0.29) is 30.1 Å². The maximum absolute atomic E-state index is 13.2. The Balaban J connectivity index is 1.99. The predicted molar refractivity (Wildman–Crippen MR) is 166 cm³/mol. The highest BCUT2D eigenvalue weighted by atomic mass is 19.4. The molecule has 3 N–H and O–H groups in total. The third kappa shape index (κ3) is 11.7. The van der Waals surface area contributed by atoms with Crippen molar-refractivity contribution in [2.45, 2.75) is 110 Å². The van der Waals surface area contributed by atoms with Crippen molar-refractivity contribution in [3.05, 3.63) is 49.8 Å². The van der Waals surface area contributed by atoms with Crippen molar-refractivity contribution < 1.29 is 35.9 Å². The van der Waals surface area contributed by atoms with Crippen molar-refractivity contribution in [2.75, 3.05) is 30.3 Å². The Morgan fingerprint density at radius 3 is 1.83 bits per heavy atom. The largest absolute Gasteiger partial charge is 0.416 e. The second kappa shape index (κ2) is 17.9. The van der Waals surface area contributed by atoms with E-state index in [1.807, 2.05) is 13.8 Å². The Kier molecular flexibility index (Phi) is 15.1. The second-order valence-corrected chi connectivity index (χ2v) is 11.3.